The zero-order valence-electron chi connectivity index (χ0n) is 13.4. The number of amides is 3. The summed E-state index contributed by atoms with van der Waals surface area (Å²) in [5, 5.41) is 6.31. The summed E-state index contributed by atoms with van der Waals surface area (Å²) in [5.41, 5.74) is 0.876. The molecule has 0 saturated carbocycles. The van der Waals surface area contributed by atoms with E-state index in [0.29, 0.717) is 37.7 Å². The van der Waals surface area contributed by atoms with Gasteiger partial charge in [0, 0.05) is 19.1 Å². The van der Waals surface area contributed by atoms with Crippen molar-refractivity contribution in [1.29, 1.82) is 0 Å². The summed E-state index contributed by atoms with van der Waals surface area (Å²) < 4.78 is 6.02. The fraction of sp³-hybridized carbons (Fsp3) is 0.438. The van der Waals surface area contributed by atoms with Gasteiger partial charge in [0.15, 0.2) is 5.13 Å². The minimum absolute atomic E-state index is 0.0463. The number of fused-ring (bicyclic) bond motifs is 1. The lowest BCUT2D eigenvalue weighted by Gasteiger charge is -2.31. The van der Waals surface area contributed by atoms with Crippen LogP contribution in [0, 0.1) is 0 Å². The molecule has 1 aliphatic rings. The van der Waals surface area contributed by atoms with Crippen molar-refractivity contribution in [3.8, 4) is 0 Å². The highest BCUT2D eigenvalue weighted by molar-refractivity contribution is 7.22. The first-order valence-corrected chi connectivity index (χ1v) is 8.82. The lowest BCUT2D eigenvalue weighted by Crippen LogP contribution is -2.47. The van der Waals surface area contributed by atoms with Crippen molar-refractivity contribution in [2.75, 3.05) is 25.0 Å². The summed E-state index contributed by atoms with van der Waals surface area (Å²) in [6.45, 7) is 3.34. The van der Waals surface area contributed by atoms with E-state index in [1.165, 1.54) is 11.3 Å². The van der Waals surface area contributed by atoms with Gasteiger partial charge in [-0.15, -0.1) is 0 Å². The number of thiazole rings is 1. The lowest BCUT2D eigenvalue weighted by atomic mass is 10.1. The van der Waals surface area contributed by atoms with Crippen molar-refractivity contribution in [1.82, 2.24) is 15.2 Å². The molecule has 2 N–H and O–H groups in total. The molecule has 8 heteroatoms. The molecule has 128 valence electrons. The van der Waals surface area contributed by atoms with Gasteiger partial charge >= 0.3 is 12.1 Å². The van der Waals surface area contributed by atoms with Crippen LogP contribution in [0.4, 0.5) is 14.7 Å². The molecule has 1 aliphatic heterocycles. The van der Waals surface area contributed by atoms with Gasteiger partial charge in [0.05, 0.1) is 16.8 Å². The van der Waals surface area contributed by atoms with Crippen LogP contribution in [0.25, 0.3) is 10.2 Å². The van der Waals surface area contributed by atoms with Crippen LogP contribution in [0.1, 0.15) is 19.8 Å². The molecule has 1 aromatic carbocycles. The normalized spacial score (nSPS) is 15.3. The van der Waals surface area contributed by atoms with Crippen molar-refractivity contribution in [3.05, 3.63) is 24.3 Å². The fourth-order valence-corrected chi connectivity index (χ4v) is 3.53. The number of likely N-dealkylation sites (tertiary alicyclic amines) is 1. The first-order chi connectivity index (χ1) is 11.7. The van der Waals surface area contributed by atoms with Gasteiger partial charge in [-0.1, -0.05) is 23.5 Å². The number of carbonyl (C=O) groups excluding carboxylic acids is 2. The Balaban J connectivity index is 1.48. The van der Waals surface area contributed by atoms with E-state index in [4.69, 9.17) is 4.74 Å². The Hall–Kier alpha value is -2.35. The van der Waals surface area contributed by atoms with E-state index >= 15 is 0 Å². The van der Waals surface area contributed by atoms with E-state index in [2.05, 4.69) is 15.6 Å². The molecular weight excluding hydrogens is 328 g/mol. The van der Waals surface area contributed by atoms with Crippen LogP contribution in [-0.2, 0) is 4.74 Å². The van der Waals surface area contributed by atoms with E-state index in [1.807, 2.05) is 24.3 Å². The van der Waals surface area contributed by atoms with Gasteiger partial charge in [0.2, 0.25) is 0 Å². The molecule has 0 radical (unpaired) electrons. The number of benzene rings is 1. The van der Waals surface area contributed by atoms with Gasteiger partial charge in [0.1, 0.15) is 0 Å². The highest BCUT2D eigenvalue weighted by Crippen LogP contribution is 2.25. The molecule has 0 unspecified atom stereocenters. The minimum atomic E-state index is -0.283. The summed E-state index contributed by atoms with van der Waals surface area (Å²) in [6, 6.07) is 7.54. The van der Waals surface area contributed by atoms with Crippen molar-refractivity contribution < 1.29 is 14.3 Å². The predicted octanol–water partition coefficient (Wildman–Crippen LogP) is 3.04. The van der Waals surface area contributed by atoms with Crippen molar-refractivity contribution in [2.24, 2.45) is 0 Å². The molecular formula is C16H20N4O3S. The molecule has 2 aromatic rings. The maximum Gasteiger partial charge on any atom is 0.409 e. The van der Waals surface area contributed by atoms with E-state index in [0.717, 1.165) is 10.2 Å². The number of carbonyl (C=O) groups is 2. The Bertz CT molecular complexity index is 692. The number of para-hydroxylation sites is 1. The third kappa shape index (κ3) is 3.94. The highest BCUT2D eigenvalue weighted by atomic mass is 32.1. The number of anilines is 1. The first kappa shape index (κ1) is 16.5. The Morgan fingerprint density at radius 1 is 1.33 bits per heavy atom. The van der Waals surface area contributed by atoms with Crippen LogP contribution in [0.3, 0.4) is 0 Å². The number of ether oxygens (including phenoxy) is 1. The Labute approximate surface area is 144 Å². The zero-order valence-corrected chi connectivity index (χ0v) is 14.3. The molecule has 3 rings (SSSR count). The van der Waals surface area contributed by atoms with E-state index < -0.39 is 0 Å². The highest BCUT2D eigenvalue weighted by Gasteiger charge is 2.24. The average molecular weight is 348 g/mol. The quantitative estimate of drug-likeness (QED) is 0.893. The van der Waals surface area contributed by atoms with Crippen molar-refractivity contribution in [2.45, 2.75) is 25.8 Å². The standard InChI is InChI=1S/C16H20N4O3S/c1-2-23-16(22)20-9-7-11(8-10-20)17-14(21)19-15-18-12-5-3-4-6-13(12)24-15/h3-6,11H,2,7-10H2,1H3,(H2,17,18,19,21). The maximum atomic E-state index is 12.1. The molecule has 0 spiro atoms. The van der Waals surface area contributed by atoms with E-state index in [1.54, 1.807) is 11.8 Å². The second kappa shape index (κ2) is 7.48. The van der Waals surface area contributed by atoms with Crippen LogP contribution in [0.2, 0.25) is 0 Å². The molecule has 24 heavy (non-hydrogen) atoms. The molecule has 1 saturated heterocycles. The van der Waals surface area contributed by atoms with Crippen LogP contribution in [-0.4, -0.2) is 47.7 Å². The average Bonchev–Trinajstić information content (AvgIpc) is 2.97. The van der Waals surface area contributed by atoms with E-state index in [9.17, 15) is 9.59 Å². The van der Waals surface area contributed by atoms with Gasteiger partial charge in [0.25, 0.3) is 0 Å². The first-order valence-electron chi connectivity index (χ1n) is 8.00. The molecule has 1 aromatic heterocycles. The summed E-state index contributed by atoms with van der Waals surface area (Å²) >= 11 is 1.44. The molecule has 7 nitrogen and oxygen atoms in total. The second-order valence-electron chi connectivity index (χ2n) is 5.55. The second-order valence-corrected chi connectivity index (χ2v) is 6.58. The number of hydrogen-bond acceptors (Lipinski definition) is 5. The van der Waals surface area contributed by atoms with Crippen LogP contribution < -0.4 is 10.6 Å². The number of piperidine rings is 1. The van der Waals surface area contributed by atoms with E-state index in [-0.39, 0.29) is 18.2 Å². The number of aromatic nitrogens is 1. The minimum Gasteiger partial charge on any atom is -0.450 e. The molecule has 3 amide bonds. The molecule has 0 bridgehead atoms. The summed E-state index contributed by atoms with van der Waals surface area (Å²) in [7, 11) is 0. The topological polar surface area (TPSA) is 83.6 Å². The summed E-state index contributed by atoms with van der Waals surface area (Å²) in [4.78, 5) is 29.8. The predicted molar refractivity (Wildman–Crippen MR) is 93.4 cm³/mol. The third-order valence-electron chi connectivity index (χ3n) is 3.87. The van der Waals surface area contributed by atoms with Crippen LogP contribution in [0.15, 0.2) is 24.3 Å². The Kier molecular flexibility index (Phi) is 5.14. The third-order valence-corrected chi connectivity index (χ3v) is 4.82. The van der Waals surface area contributed by atoms with Gasteiger partial charge in [-0.25, -0.2) is 14.6 Å². The Morgan fingerprint density at radius 3 is 2.79 bits per heavy atom. The van der Waals surface area contributed by atoms with Crippen LogP contribution >= 0.6 is 11.3 Å². The molecule has 0 atom stereocenters. The molecule has 0 aliphatic carbocycles. The van der Waals surface area contributed by atoms with Crippen molar-refractivity contribution in [3.63, 3.8) is 0 Å². The van der Waals surface area contributed by atoms with Crippen LogP contribution in [0.5, 0.6) is 0 Å². The maximum absolute atomic E-state index is 12.1. The summed E-state index contributed by atoms with van der Waals surface area (Å²) in [6.07, 6.45) is 1.15. The van der Waals surface area contributed by atoms with Gasteiger partial charge in [-0.3, -0.25) is 5.32 Å². The van der Waals surface area contributed by atoms with Gasteiger partial charge in [-0.2, -0.15) is 0 Å². The number of urea groups is 1. The SMILES string of the molecule is CCOC(=O)N1CCC(NC(=O)Nc2nc3ccccc3s2)CC1. The molecule has 2 heterocycles. The number of rotatable bonds is 3. The number of nitrogens with zero attached hydrogens (tertiary/aromatic N) is 2. The zero-order chi connectivity index (χ0) is 16.9. The monoisotopic (exact) mass is 348 g/mol. The van der Waals surface area contributed by atoms with Crippen molar-refractivity contribution >= 4 is 38.8 Å². The fourth-order valence-electron chi connectivity index (χ4n) is 2.67. The molecule has 1 fully saturated rings. The largest absolute Gasteiger partial charge is 0.450 e. The smallest absolute Gasteiger partial charge is 0.409 e. The Morgan fingerprint density at radius 2 is 2.08 bits per heavy atom. The number of hydrogen-bond donors (Lipinski definition) is 2. The lowest BCUT2D eigenvalue weighted by molar-refractivity contribution is 0.0959. The van der Waals surface area contributed by atoms with Gasteiger partial charge < -0.3 is 15.0 Å². The summed E-state index contributed by atoms with van der Waals surface area (Å²) in [5.74, 6) is 0. The van der Waals surface area contributed by atoms with Gasteiger partial charge in [-0.05, 0) is 31.9 Å². The number of nitrogens with one attached hydrogen (secondary N) is 2.